The topological polar surface area (TPSA) is 45.8 Å². The highest BCUT2D eigenvalue weighted by molar-refractivity contribution is 6.31. The molecule has 0 unspecified atom stereocenters. The summed E-state index contributed by atoms with van der Waals surface area (Å²) >= 11 is 6.16. The molecule has 3 aromatic rings. The van der Waals surface area contributed by atoms with Gasteiger partial charge in [0.25, 0.3) is 5.56 Å². The first-order valence-corrected chi connectivity index (χ1v) is 6.83. The fourth-order valence-electron chi connectivity index (χ4n) is 2.28. The molecule has 0 radical (unpaired) electrons. The fraction of sp³-hybridized carbons (Fsp3) is 0.0588. The zero-order valence-corrected chi connectivity index (χ0v) is 11.8. The average molecular weight is 295 g/mol. The molecule has 21 heavy (non-hydrogen) atoms. The van der Waals surface area contributed by atoms with E-state index in [4.69, 9.17) is 16.9 Å². The quantitative estimate of drug-likeness (QED) is 0.725. The molecule has 0 spiro atoms. The molecule has 1 heterocycles. The van der Waals surface area contributed by atoms with Crippen LogP contribution in [0.1, 0.15) is 11.1 Å². The van der Waals surface area contributed by atoms with Gasteiger partial charge in [-0.25, -0.2) is 0 Å². The maximum atomic E-state index is 12.4. The zero-order chi connectivity index (χ0) is 14.8. The molecule has 102 valence electrons. The van der Waals surface area contributed by atoms with E-state index in [0.29, 0.717) is 22.5 Å². The Hall–Kier alpha value is -2.57. The predicted molar refractivity (Wildman–Crippen MR) is 83.5 cm³/mol. The summed E-state index contributed by atoms with van der Waals surface area (Å²) in [6.07, 6.45) is 1.76. The molecule has 0 aliphatic heterocycles. The molecule has 0 aliphatic carbocycles. The molecule has 0 atom stereocenters. The summed E-state index contributed by atoms with van der Waals surface area (Å²) < 4.78 is 1.62. The van der Waals surface area contributed by atoms with Gasteiger partial charge in [-0.1, -0.05) is 35.9 Å². The van der Waals surface area contributed by atoms with E-state index in [1.807, 2.05) is 36.4 Å². The van der Waals surface area contributed by atoms with E-state index >= 15 is 0 Å². The molecular weight excluding hydrogens is 284 g/mol. The molecule has 0 amide bonds. The van der Waals surface area contributed by atoms with Crippen LogP contribution >= 0.6 is 11.6 Å². The highest BCUT2D eigenvalue weighted by Crippen LogP contribution is 2.18. The number of halogens is 1. The third kappa shape index (κ3) is 2.54. The van der Waals surface area contributed by atoms with Gasteiger partial charge in [-0.05, 0) is 35.2 Å². The number of fused-ring (bicyclic) bond motifs is 1. The van der Waals surface area contributed by atoms with Crippen LogP contribution in [0, 0.1) is 11.3 Å². The van der Waals surface area contributed by atoms with Gasteiger partial charge in [-0.2, -0.15) is 5.26 Å². The minimum atomic E-state index is -0.0477. The summed E-state index contributed by atoms with van der Waals surface area (Å²) in [7, 11) is 0. The van der Waals surface area contributed by atoms with Gasteiger partial charge in [0.1, 0.15) is 0 Å². The molecular formula is C17H11ClN2O. The van der Waals surface area contributed by atoms with Crippen LogP contribution < -0.4 is 5.56 Å². The largest absolute Gasteiger partial charge is 0.311 e. The summed E-state index contributed by atoms with van der Waals surface area (Å²) in [4.78, 5) is 12.4. The highest BCUT2D eigenvalue weighted by Gasteiger charge is 2.06. The van der Waals surface area contributed by atoms with Crippen molar-refractivity contribution in [2.24, 2.45) is 0 Å². The normalized spacial score (nSPS) is 10.5. The highest BCUT2D eigenvalue weighted by atomic mass is 35.5. The molecule has 3 rings (SSSR count). The van der Waals surface area contributed by atoms with E-state index < -0.39 is 0 Å². The van der Waals surface area contributed by atoms with Crippen LogP contribution in [0.2, 0.25) is 5.02 Å². The van der Waals surface area contributed by atoms with Crippen LogP contribution in [0.15, 0.2) is 59.5 Å². The lowest BCUT2D eigenvalue weighted by molar-refractivity contribution is 0.768. The van der Waals surface area contributed by atoms with Crippen molar-refractivity contribution in [3.05, 3.63) is 81.2 Å². The molecule has 1 aromatic heterocycles. The van der Waals surface area contributed by atoms with Gasteiger partial charge in [0.15, 0.2) is 0 Å². The lowest BCUT2D eigenvalue weighted by Crippen LogP contribution is -2.20. The third-order valence-electron chi connectivity index (χ3n) is 3.41. The number of nitrogens with zero attached hydrogens (tertiary/aromatic N) is 2. The van der Waals surface area contributed by atoms with Gasteiger partial charge in [0.05, 0.1) is 18.2 Å². The van der Waals surface area contributed by atoms with Gasteiger partial charge < -0.3 is 4.57 Å². The molecule has 0 saturated heterocycles. The minimum absolute atomic E-state index is 0.0477. The summed E-state index contributed by atoms with van der Waals surface area (Å²) in [5.41, 5.74) is 1.27. The van der Waals surface area contributed by atoms with E-state index in [1.165, 1.54) is 0 Å². The Balaban J connectivity index is 2.05. The number of pyridine rings is 1. The minimum Gasteiger partial charge on any atom is -0.311 e. The van der Waals surface area contributed by atoms with E-state index in [9.17, 15) is 4.79 Å². The van der Waals surface area contributed by atoms with Crippen molar-refractivity contribution < 1.29 is 0 Å². The Morgan fingerprint density at radius 1 is 1.14 bits per heavy atom. The molecule has 0 bridgehead atoms. The fourth-order valence-corrected chi connectivity index (χ4v) is 2.52. The molecule has 2 aromatic carbocycles. The molecule has 3 nitrogen and oxygen atoms in total. The average Bonchev–Trinajstić information content (AvgIpc) is 2.52. The molecule has 0 fully saturated rings. The van der Waals surface area contributed by atoms with Crippen molar-refractivity contribution in [3.63, 3.8) is 0 Å². The number of aromatic nitrogens is 1. The predicted octanol–water partition coefficient (Wildman–Crippen LogP) is 3.57. The maximum absolute atomic E-state index is 12.4. The Kier molecular flexibility index (Phi) is 3.47. The van der Waals surface area contributed by atoms with Gasteiger partial charge in [-0.15, -0.1) is 0 Å². The standard InChI is InChI=1S/C17H11ClN2O/c18-16-9-12(10-19)5-6-14(16)11-20-8-7-13-3-1-2-4-15(13)17(20)21/h1-9H,11H2. The Labute approximate surface area is 126 Å². The second-order valence-electron chi connectivity index (χ2n) is 4.75. The van der Waals surface area contributed by atoms with Crippen LogP contribution in [0.3, 0.4) is 0 Å². The van der Waals surface area contributed by atoms with Crippen molar-refractivity contribution in [2.75, 3.05) is 0 Å². The molecule has 0 saturated carbocycles. The van der Waals surface area contributed by atoms with Crippen molar-refractivity contribution in [1.82, 2.24) is 4.57 Å². The molecule has 0 N–H and O–H groups in total. The van der Waals surface area contributed by atoms with Gasteiger partial charge in [0, 0.05) is 16.6 Å². The number of hydrogen-bond acceptors (Lipinski definition) is 2. The maximum Gasteiger partial charge on any atom is 0.258 e. The summed E-state index contributed by atoms with van der Waals surface area (Å²) in [5.74, 6) is 0. The second-order valence-corrected chi connectivity index (χ2v) is 5.16. The third-order valence-corrected chi connectivity index (χ3v) is 3.76. The zero-order valence-electron chi connectivity index (χ0n) is 11.1. The van der Waals surface area contributed by atoms with Crippen molar-refractivity contribution >= 4 is 22.4 Å². The van der Waals surface area contributed by atoms with E-state index in [-0.39, 0.29) is 5.56 Å². The van der Waals surface area contributed by atoms with Crippen molar-refractivity contribution in [1.29, 1.82) is 5.26 Å². The first-order valence-electron chi connectivity index (χ1n) is 6.46. The molecule has 0 aliphatic rings. The van der Waals surface area contributed by atoms with Crippen LogP contribution in [0.25, 0.3) is 10.8 Å². The van der Waals surface area contributed by atoms with Crippen LogP contribution in [0.5, 0.6) is 0 Å². The Morgan fingerprint density at radius 2 is 1.95 bits per heavy atom. The smallest absolute Gasteiger partial charge is 0.258 e. The van der Waals surface area contributed by atoms with E-state index in [2.05, 4.69) is 0 Å². The summed E-state index contributed by atoms with van der Waals surface area (Å²) in [5, 5.41) is 10.9. The lowest BCUT2D eigenvalue weighted by atomic mass is 10.1. The van der Waals surface area contributed by atoms with Gasteiger partial charge >= 0.3 is 0 Å². The SMILES string of the molecule is N#Cc1ccc(Cn2ccc3ccccc3c2=O)c(Cl)c1. The first kappa shape index (κ1) is 13.4. The van der Waals surface area contributed by atoms with Gasteiger partial charge in [-0.3, -0.25) is 4.79 Å². The van der Waals surface area contributed by atoms with Crippen molar-refractivity contribution in [3.8, 4) is 6.07 Å². The van der Waals surface area contributed by atoms with Crippen LogP contribution in [-0.4, -0.2) is 4.57 Å². The van der Waals surface area contributed by atoms with Gasteiger partial charge in [0.2, 0.25) is 0 Å². The number of nitriles is 1. The lowest BCUT2D eigenvalue weighted by Gasteiger charge is -2.09. The number of hydrogen-bond donors (Lipinski definition) is 0. The Bertz CT molecular complexity index is 922. The Morgan fingerprint density at radius 3 is 2.71 bits per heavy atom. The summed E-state index contributed by atoms with van der Waals surface area (Å²) in [6, 6.07) is 16.5. The number of rotatable bonds is 2. The van der Waals surface area contributed by atoms with E-state index in [0.717, 1.165) is 10.9 Å². The van der Waals surface area contributed by atoms with Crippen LogP contribution in [0.4, 0.5) is 0 Å². The monoisotopic (exact) mass is 294 g/mol. The molecule has 4 heteroatoms. The number of benzene rings is 2. The first-order chi connectivity index (χ1) is 10.2. The van der Waals surface area contributed by atoms with Crippen LogP contribution in [-0.2, 0) is 6.54 Å². The van der Waals surface area contributed by atoms with E-state index in [1.54, 1.807) is 29.0 Å². The second kappa shape index (κ2) is 5.43. The van der Waals surface area contributed by atoms with Crippen molar-refractivity contribution in [2.45, 2.75) is 6.54 Å². The summed E-state index contributed by atoms with van der Waals surface area (Å²) in [6.45, 7) is 0.383.